The Morgan fingerprint density at radius 3 is 2.66 bits per heavy atom. The van der Waals surface area contributed by atoms with E-state index in [1.807, 2.05) is 0 Å². The second kappa shape index (κ2) is 11.6. The van der Waals surface area contributed by atoms with Gasteiger partial charge >= 0.3 is 0 Å². The molecule has 1 aliphatic carbocycles. The van der Waals surface area contributed by atoms with Crippen LogP contribution in [0.5, 0.6) is 5.75 Å². The minimum Gasteiger partial charge on any atom is -0.492 e. The normalized spacial score (nSPS) is 18.9. The van der Waals surface area contributed by atoms with Crippen molar-refractivity contribution in [3.63, 3.8) is 0 Å². The Kier molecular flexibility index (Phi) is 8.29. The molecule has 0 radical (unpaired) electrons. The molecule has 0 N–H and O–H groups in total. The molecule has 0 spiro atoms. The molecular formula is C25H30BrFN2O3. The SMILES string of the molecule is Fc1ccc(OCCCCN2CCN(C3=COC(CC4=CC=CCC4)=CO3)CC2)c(Br)c1. The predicted octanol–water partition coefficient (Wildman–Crippen LogP) is 5.72. The first-order chi connectivity index (χ1) is 15.7. The lowest BCUT2D eigenvalue weighted by Crippen LogP contribution is -2.46. The number of hydrogen-bond donors (Lipinski definition) is 0. The van der Waals surface area contributed by atoms with E-state index < -0.39 is 0 Å². The van der Waals surface area contributed by atoms with Crippen molar-refractivity contribution in [1.82, 2.24) is 9.80 Å². The highest BCUT2D eigenvalue weighted by Gasteiger charge is 2.22. The standard InChI is InChI=1S/C25H30BrFN2O3/c26-23-17-21(27)8-9-24(23)30-15-5-4-10-28-11-13-29(14-12-28)25-19-31-22(18-32-25)16-20-6-2-1-3-7-20/h1-2,6,8-9,17-19H,3-5,7,10-16H2. The molecule has 5 nitrogen and oxygen atoms in total. The van der Waals surface area contributed by atoms with E-state index in [9.17, 15) is 4.39 Å². The van der Waals surface area contributed by atoms with Gasteiger partial charge in [0.25, 0.3) is 0 Å². The molecule has 2 heterocycles. The van der Waals surface area contributed by atoms with E-state index in [-0.39, 0.29) is 5.82 Å². The molecule has 1 saturated heterocycles. The van der Waals surface area contributed by atoms with E-state index >= 15 is 0 Å². The molecule has 1 aromatic rings. The Hall–Kier alpha value is -2.25. The number of benzene rings is 1. The molecule has 0 aromatic heterocycles. The molecule has 4 rings (SSSR count). The smallest absolute Gasteiger partial charge is 0.231 e. The molecule has 7 heteroatoms. The summed E-state index contributed by atoms with van der Waals surface area (Å²) >= 11 is 3.33. The Balaban J connectivity index is 1.10. The van der Waals surface area contributed by atoms with Gasteiger partial charge in [-0.05, 0) is 66.4 Å². The first-order valence-corrected chi connectivity index (χ1v) is 12.1. The Morgan fingerprint density at radius 1 is 1.06 bits per heavy atom. The number of hydrogen-bond acceptors (Lipinski definition) is 5. The van der Waals surface area contributed by atoms with E-state index in [4.69, 9.17) is 14.2 Å². The summed E-state index contributed by atoms with van der Waals surface area (Å²) in [6, 6.07) is 4.50. The summed E-state index contributed by atoms with van der Waals surface area (Å²) in [6.07, 6.45) is 15.0. The van der Waals surface area contributed by atoms with E-state index in [0.29, 0.717) is 16.8 Å². The molecule has 2 aliphatic heterocycles. The quantitative estimate of drug-likeness (QED) is 0.401. The van der Waals surface area contributed by atoms with Crippen molar-refractivity contribution in [2.45, 2.75) is 32.1 Å². The Bertz CT molecular complexity index is 904. The number of nitrogens with zero attached hydrogens (tertiary/aromatic N) is 2. The molecule has 1 fully saturated rings. The number of halogens is 2. The van der Waals surface area contributed by atoms with Crippen LogP contribution < -0.4 is 4.74 Å². The summed E-state index contributed by atoms with van der Waals surface area (Å²) in [5.74, 6) is 2.08. The van der Waals surface area contributed by atoms with Crippen LogP contribution in [0, 0.1) is 5.82 Å². The van der Waals surface area contributed by atoms with Gasteiger partial charge in [0.2, 0.25) is 5.88 Å². The van der Waals surface area contributed by atoms with Gasteiger partial charge < -0.3 is 19.1 Å². The van der Waals surface area contributed by atoms with Gasteiger partial charge in [0.05, 0.1) is 11.1 Å². The molecule has 0 amide bonds. The van der Waals surface area contributed by atoms with Gasteiger partial charge in [0.15, 0.2) is 6.26 Å². The maximum absolute atomic E-state index is 13.1. The highest BCUT2D eigenvalue weighted by molar-refractivity contribution is 9.10. The lowest BCUT2D eigenvalue weighted by Gasteiger charge is -2.36. The molecule has 32 heavy (non-hydrogen) atoms. The van der Waals surface area contributed by atoms with Crippen molar-refractivity contribution in [2.24, 2.45) is 0 Å². The van der Waals surface area contributed by atoms with Crippen molar-refractivity contribution in [3.05, 3.63) is 76.5 Å². The largest absolute Gasteiger partial charge is 0.492 e. The van der Waals surface area contributed by atoms with Gasteiger partial charge in [0.1, 0.15) is 23.6 Å². The van der Waals surface area contributed by atoms with E-state index in [1.54, 1.807) is 18.6 Å². The van der Waals surface area contributed by atoms with Gasteiger partial charge in [-0.2, -0.15) is 0 Å². The highest BCUT2D eigenvalue weighted by atomic mass is 79.9. The van der Waals surface area contributed by atoms with Crippen molar-refractivity contribution in [3.8, 4) is 5.75 Å². The highest BCUT2D eigenvalue weighted by Crippen LogP contribution is 2.26. The van der Waals surface area contributed by atoms with Crippen LogP contribution in [0.15, 0.2) is 70.6 Å². The van der Waals surface area contributed by atoms with Gasteiger partial charge in [0, 0.05) is 32.6 Å². The lowest BCUT2D eigenvalue weighted by molar-refractivity contribution is 0.0817. The van der Waals surface area contributed by atoms with Gasteiger partial charge in [-0.3, -0.25) is 4.90 Å². The minimum absolute atomic E-state index is 0.268. The molecular weight excluding hydrogens is 475 g/mol. The average molecular weight is 505 g/mol. The van der Waals surface area contributed by atoms with Crippen LogP contribution in [0.4, 0.5) is 4.39 Å². The van der Waals surface area contributed by atoms with Crippen molar-refractivity contribution >= 4 is 15.9 Å². The number of allylic oxidation sites excluding steroid dienone is 4. The summed E-state index contributed by atoms with van der Waals surface area (Å²) < 4.78 is 31.2. The average Bonchev–Trinajstić information content (AvgIpc) is 2.82. The van der Waals surface area contributed by atoms with Gasteiger partial charge in [-0.15, -0.1) is 0 Å². The maximum Gasteiger partial charge on any atom is 0.231 e. The van der Waals surface area contributed by atoms with Crippen molar-refractivity contribution < 1.29 is 18.6 Å². The van der Waals surface area contributed by atoms with Crippen LogP contribution in [0.3, 0.4) is 0 Å². The van der Waals surface area contributed by atoms with E-state index in [1.165, 1.54) is 17.7 Å². The fourth-order valence-electron chi connectivity index (χ4n) is 3.97. The zero-order chi connectivity index (χ0) is 22.2. The second-order valence-electron chi connectivity index (χ2n) is 8.20. The van der Waals surface area contributed by atoms with Crippen LogP contribution in [0.1, 0.15) is 32.1 Å². The molecule has 0 unspecified atom stereocenters. The molecule has 0 saturated carbocycles. The molecule has 1 aromatic carbocycles. The predicted molar refractivity (Wildman–Crippen MR) is 126 cm³/mol. The fourth-order valence-corrected chi connectivity index (χ4v) is 4.43. The molecule has 172 valence electrons. The number of rotatable bonds is 9. The molecule has 3 aliphatic rings. The summed E-state index contributed by atoms with van der Waals surface area (Å²) in [6.45, 7) is 5.53. The lowest BCUT2D eigenvalue weighted by atomic mass is 10.0. The third kappa shape index (κ3) is 6.62. The number of unbranched alkanes of at least 4 members (excludes halogenated alkanes) is 1. The molecule has 0 bridgehead atoms. The Morgan fingerprint density at radius 2 is 1.94 bits per heavy atom. The number of piperazine rings is 1. The topological polar surface area (TPSA) is 34.2 Å². The van der Waals surface area contributed by atoms with Gasteiger partial charge in [-0.1, -0.05) is 23.8 Å². The monoisotopic (exact) mass is 504 g/mol. The summed E-state index contributed by atoms with van der Waals surface area (Å²) in [5, 5.41) is 0. The third-order valence-electron chi connectivity index (χ3n) is 5.83. The first-order valence-electron chi connectivity index (χ1n) is 11.3. The van der Waals surface area contributed by atoms with E-state index in [2.05, 4.69) is 44.0 Å². The summed E-state index contributed by atoms with van der Waals surface area (Å²) in [5.41, 5.74) is 1.38. The van der Waals surface area contributed by atoms with Crippen molar-refractivity contribution in [2.75, 3.05) is 39.3 Å². The second-order valence-corrected chi connectivity index (χ2v) is 9.06. The zero-order valence-corrected chi connectivity index (χ0v) is 19.9. The Labute approximate surface area is 197 Å². The minimum atomic E-state index is -0.268. The summed E-state index contributed by atoms with van der Waals surface area (Å²) in [7, 11) is 0. The van der Waals surface area contributed by atoms with Crippen LogP contribution in [0.25, 0.3) is 0 Å². The first kappa shape index (κ1) is 22.9. The van der Waals surface area contributed by atoms with Crippen LogP contribution in [0.2, 0.25) is 0 Å². The van der Waals surface area contributed by atoms with Gasteiger partial charge in [-0.25, -0.2) is 4.39 Å². The van der Waals surface area contributed by atoms with Crippen molar-refractivity contribution in [1.29, 1.82) is 0 Å². The zero-order valence-electron chi connectivity index (χ0n) is 18.3. The van der Waals surface area contributed by atoms with Crippen LogP contribution >= 0.6 is 15.9 Å². The maximum atomic E-state index is 13.1. The fraction of sp³-hybridized carbons (Fsp3) is 0.440. The summed E-state index contributed by atoms with van der Waals surface area (Å²) in [4.78, 5) is 4.71. The third-order valence-corrected chi connectivity index (χ3v) is 6.45. The van der Waals surface area contributed by atoms with Crippen LogP contribution in [-0.2, 0) is 9.47 Å². The van der Waals surface area contributed by atoms with Crippen LogP contribution in [-0.4, -0.2) is 49.1 Å². The number of ether oxygens (including phenoxy) is 3. The van der Waals surface area contributed by atoms with E-state index in [0.717, 1.165) is 76.5 Å². The molecule has 0 atom stereocenters.